The van der Waals surface area contributed by atoms with Gasteiger partial charge in [-0.3, -0.25) is 0 Å². The number of benzene rings is 1. The van der Waals surface area contributed by atoms with Gasteiger partial charge in [0.05, 0.1) is 0 Å². The fourth-order valence-corrected chi connectivity index (χ4v) is 2.01. The predicted molar refractivity (Wildman–Crippen MR) is 66.7 cm³/mol. The fraction of sp³-hybridized carbons (Fsp3) is 0.571. The molecule has 1 aliphatic rings. The minimum absolute atomic E-state index is 0.344. The minimum Gasteiger partial charge on any atom is -0.490 e. The molecule has 1 aromatic rings. The lowest BCUT2D eigenvalue weighted by Gasteiger charge is -2.32. The zero-order chi connectivity index (χ0) is 11.4. The number of hydrogen-bond acceptors (Lipinski definition) is 2. The van der Waals surface area contributed by atoms with Crippen molar-refractivity contribution in [2.24, 2.45) is 5.73 Å². The van der Waals surface area contributed by atoms with Gasteiger partial charge in [-0.15, -0.1) is 0 Å². The Morgan fingerprint density at radius 3 is 2.50 bits per heavy atom. The molecule has 0 spiro atoms. The molecule has 2 N–H and O–H groups in total. The van der Waals surface area contributed by atoms with Crippen molar-refractivity contribution >= 4 is 0 Å². The summed E-state index contributed by atoms with van der Waals surface area (Å²) in [4.78, 5) is 0. The molecule has 0 aromatic heterocycles. The van der Waals surface area contributed by atoms with Crippen LogP contribution in [0.25, 0.3) is 0 Å². The Bertz CT molecular complexity index is 314. The summed E-state index contributed by atoms with van der Waals surface area (Å²) in [5, 5.41) is 0. The topological polar surface area (TPSA) is 35.2 Å². The highest BCUT2D eigenvalue weighted by Crippen LogP contribution is 2.24. The summed E-state index contributed by atoms with van der Waals surface area (Å²) in [6.45, 7) is 2.22. The van der Waals surface area contributed by atoms with Crippen LogP contribution in [0.4, 0.5) is 0 Å². The third kappa shape index (κ3) is 2.99. The molecule has 1 saturated carbocycles. The molecule has 2 rings (SSSR count). The molecule has 0 aliphatic heterocycles. The zero-order valence-corrected chi connectivity index (χ0v) is 9.99. The highest BCUT2D eigenvalue weighted by molar-refractivity contribution is 5.27. The lowest BCUT2D eigenvalue weighted by molar-refractivity contribution is 0.101. The Balaban J connectivity index is 1.82. The number of rotatable bonds is 5. The molecule has 0 bridgehead atoms. The van der Waals surface area contributed by atoms with E-state index in [2.05, 4.69) is 31.2 Å². The van der Waals surface area contributed by atoms with Gasteiger partial charge >= 0.3 is 0 Å². The average molecular weight is 219 g/mol. The maximum atomic E-state index is 5.80. The molecule has 1 aromatic carbocycles. The molecule has 2 nitrogen and oxygen atoms in total. The van der Waals surface area contributed by atoms with Crippen molar-refractivity contribution in [3.63, 3.8) is 0 Å². The highest BCUT2D eigenvalue weighted by Gasteiger charge is 2.27. The van der Waals surface area contributed by atoms with Crippen LogP contribution >= 0.6 is 0 Å². The fourth-order valence-electron chi connectivity index (χ4n) is 2.01. The van der Waals surface area contributed by atoms with E-state index >= 15 is 0 Å². The first-order valence-corrected chi connectivity index (χ1v) is 6.29. The van der Waals surface area contributed by atoms with E-state index in [1.165, 1.54) is 24.8 Å². The molecule has 1 fully saturated rings. The van der Waals surface area contributed by atoms with Crippen molar-refractivity contribution in [2.75, 3.05) is 0 Å². The third-order valence-electron chi connectivity index (χ3n) is 3.18. The van der Waals surface area contributed by atoms with Crippen LogP contribution in [-0.2, 0) is 6.42 Å². The number of unbranched alkanes of at least 4 members (excludes halogenated alkanes) is 1. The normalized spacial score (nSPS) is 23.9. The highest BCUT2D eigenvalue weighted by atomic mass is 16.5. The number of nitrogens with two attached hydrogens (primary N) is 1. The molecule has 16 heavy (non-hydrogen) atoms. The summed E-state index contributed by atoms with van der Waals surface area (Å²) >= 11 is 0. The average Bonchev–Trinajstić information content (AvgIpc) is 2.26. The third-order valence-corrected chi connectivity index (χ3v) is 3.18. The number of aryl methyl sites for hydroxylation is 1. The molecule has 1 aliphatic carbocycles. The summed E-state index contributed by atoms with van der Waals surface area (Å²) in [7, 11) is 0. The van der Waals surface area contributed by atoms with E-state index in [1.807, 2.05) is 0 Å². The lowest BCUT2D eigenvalue weighted by atomic mass is 9.90. The SMILES string of the molecule is CCCCc1ccc(OC2CC(N)C2)cc1. The van der Waals surface area contributed by atoms with E-state index in [1.54, 1.807) is 0 Å². The van der Waals surface area contributed by atoms with Gasteiger partial charge < -0.3 is 10.5 Å². The molecule has 2 heteroatoms. The maximum Gasteiger partial charge on any atom is 0.119 e. The van der Waals surface area contributed by atoms with E-state index in [0.29, 0.717) is 12.1 Å². The first-order valence-electron chi connectivity index (χ1n) is 6.29. The molecule has 0 amide bonds. The Morgan fingerprint density at radius 2 is 1.94 bits per heavy atom. The molecular weight excluding hydrogens is 198 g/mol. The van der Waals surface area contributed by atoms with Crippen LogP contribution in [0.3, 0.4) is 0 Å². The van der Waals surface area contributed by atoms with Crippen LogP contribution in [0.1, 0.15) is 38.2 Å². The van der Waals surface area contributed by atoms with Gasteiger partial charge in [0.15, 0.2) is 0 Å². The van der Waals surface area contributed by atoms with Crippen molar-refractivity contribution in [2.45, 2.75) is 51.2 Å². The Labute approximate surface area is 97.8 Å². The van der Waals surface area contributed by atoms with Gasteiger partial charge in [-0.2, -0.15) is 0 Å². The predicted octanol–water partition coefficient (Wildman–Crippen LogP) is 2.90. The molecule has 0 atom stereocenters. The van der Waals surface area contributed by atoms with Crippen LogP contribution < -0.4 is 10.5 Å². The molecule has 0 unspecified atom stereocenters. The van der Waals surface area contributed by atoms with Crippen LogP contribution in [0, 0.1) is 0 Å². The van der Waals surface area contributed by atoms with Gasteiger partial charge in [0, 0.05) is 6.04 Å². The van der Waals surface area contributed by atoms with Crippen molar-refractivity contribution in [1.29, 1.82) is 0 Å². The van der Waals surface area contributed by atoms with Gasteiger partial charge in [-0.1, -0.05) is 25.5 Å². The van der Waals surface area contributed by atoms with E-state index < -0.39 is 0 Å². The van der Waals surface area contributed by atoms with Crippen molar-refractivity contribution in [3.8, 4) is 5.75 Å². The summed E-state index contributed by atoms with van der Waals surface area (Å²) < 4.78 is 5.80. The molecule has 0 heterocycles. The van der Waals surface area contributed by atoms with Gasteiger partial charge in [0.1, 0.15) is 11.9 Å². The van der Waals surface area contributed by atoms with Gasteiger partial charge in [0.2, 0.25) is 0 Å². The smallest absolute Gasteiger partial charge is 0.119 e. The van der Waals surface area contributed by atoms with Gasteiger partial charge in [-0.05, 0) is 43.4 Å². The Morgan fingerprint density at radius 1 is 1.25 bits per heavy atom. The molecule has 0 saturated heterocycles. The molecule has 88 valence electrons. The largest absolute Gasteiger partial charge is 0.490 e. The summed E-state index contributed by atoms with van der Waals surface area (Å²) in [5.41, 5.74) is 7.12. The van der Waals surface area contributed by atoms with E-state index in [9.17, 15) is 0 Å². The van der Waals surface area contributed by atoms with Crippen molar-refractivity contribution in [3.05, 3.63) is 29.8 Å². The van der Waals surface area contributed by atoms with Crippen molar-refractivity contribution < 1.29 is 4.74 Å². The second-order valence-electron chi connectivity index (χ2n) is 4.72. The maximum absolute atomic E-state index is 5.80. The number of hydrogen-bond donors (Lipinski definition) is 1. The van der Waals surface area contributed by atoms with E-state index in [0.717, 1.165) is 18.6 Å². The van der Waals surface area contributed by atoms with E-state index in [4.69, 9.17) is 10.5 Å². The standard InChI is InChI=1S/C14H21NO/c1-2-3-4-11-5-7-13(8-6-11)16-14-9-12(15)10-14/h5-8,12,14H,2-4,9-10,15H2,1H3. The van der Waals surface area contributed by atoms with Gasteiger partial charge in [0.25, 0.3) is 0 Å². The summed E-state index contributed by atoms with van der Waals surface area (Å²) in [6.07, 6.45) is 6.02. The molecular formula is C14H21NO. The van der Waals surface area contributed by atoms with Crippen molar-refractivity contribution in [1.82, 2.24) is 0 Å². The Hall–Kier alpha value is -1.02. The van der Waals surface area contributed by atoms with Gasteiger partial charge in [-0.25, -0.2) is 0 Å². The first kappa shape index (κ1) is 11.5. The Kier molecular flexibility index (Phi) is 3.83. The van der Waals surface area contributed by atoms with Crippen LogP contribution in [0.2, 0.25) is 0 Å². The molecule has 0 radical (unpaired) electrons. The summed E-state index contributed by atoms with van der Waals surface area (Å²) in [5.74, 6) is 0.983. The van der Waals surface area contributed by atoms with Crippen LogP contribution in [0.5, 0.6) is 5.75 Å². The number of ether oxygens (including phenoxy) is 1. The summed E-state index contributed by atoms with van der Waals surface area (Å²) in [6, 6.07) is 8.85. The monoisotopic (exact) mass is 219 g/mol. The first-order chi connectivity index (χ1) is 7.78. The lowest BCUT2D eigenvalue weighted by Crippen LogP contribution is -2.43. The second kappa shape index (κ2) is 5.35. The quantitative estimate of drug-likeness (QED) is 0.826. The van der Waals surface area contributed by atoms with Crippen LogP contribution in [-0.4, -0.2) is 12.1 Å². The second-order valence-corrected chi connectivity index (χ2v) is 4.72. The zero-order valence-electron chi connectivity index (χ0n) is 9.99. The minimum atomic E-state index is 0.344. The van der Waals surface area contributed by atoms with E-state index in [-0.39, 0.29) is 0 Å². The van der Waals surface area contributed by atoms with Crippen LogP contribution in [0.15, 0.2) is 24.3 Å².